The van der Waals surface area contributed by atoms with E-state index in [9.17, 15) is 14.9 Å². The molecule has 0 bridgehead atoms. The number of carbonyl (C=O) groups is 1. The summed E-state index contributed by atoms with van der Waals surface area (Å²) in [6.07, 6.45) is 0. The fraction of sp³-hybridized carbons (Fsp3) is 0.294. The van der Waals surface area contributed by atoms with Gasteiger partial charge >= 0.3 is 5.00 Å². The number of hydrogen-bond acceptors (Lipinski definition) is 7. The highest BCUT2D eigenvalue weighted by Gasteiger charge is 2.26. The Hall–Kier alpha value is -2.23. The molecule has 1 fully saturated rings. The van der Waals surface area contributed by atoms with Crippen molar-refractivity contribution in [1.29, 1.82) is 0 Å². The van der Waals surface area contributed by atoms with Crippen LogP contribution in [-0.4, -0.2) is 46.9 Å². The Morgan fingerprint density at radius 2 is 1.93 bits per heavy atom. The third kappa shape index (κ3) is 3.38. The minimum atomic E-state index is -0.471. The molecule has 0 aliphatic carbocycles. The molecule has 0 saturated carbocycles. The number of halogens is 1. The van der Waals surface area contributed by atoms with E-state index in [0.29, 0.717) is 36.1 Å². The minimum Gasteiger partial charge on any atom is -0.345 e. The SMILES string of the molecule is Cc1c(Cl)ccc2sc(N3CCN(C(=O)c4ccc([N+](=O)[O-])s4)CC3)nc12. The van der Waals surface area contributed by atoms with Gasteiger partial charge in [0, 0.05) is 37.3 Å². The number of rotatable bonds is 3. The fourth-order valence-corrected chi connectivity index (χ4v) is 5.04. The van der Waals surface area contributed by atoms with E-state index in [2.05, 4.69) is 4.90 Å². The zero-order valence-electron chi connectivity index (χ0n) is 14.3. The first-order chi connectivity index (χ1) is 12.9. The Balaban J connectivity index is 1.46. The molecule has 0 atom stereocenters. The van der Waals surface area contributed by atoms with Crippen molar-refractivity contribution >= 4 is 60.5 Å². The predicted molar refractivity (Wildman–Crippen MR) is 108 cm³/mol. The van der Waals surface area contributed by atoms with E-state index in [1.807, 2.05) is 19.1 Å². The van der Waals surface area contributed by atoms with E-state index in [0.717, 1.165) is 32.2 Å². The third-order valence-electron chi connectivity index (χ3n) is 4.56. The Kier molecular flexibility index (Phi) is 4.75. The molecule has 1 aromatic carbocycles. The zero-order chi connectivity index (χ0) is 19.1. The fourth-order valence-electron chi connectivity index (χ4n) is 3.02. The van der Waals surface area contributed by atoms with Crippen LogP contribution in [0, 0.1) is 17.0 Å². The van der Waals surface area contributed by atoms with Gasteiger partial charge in [0.15, 0.2) is 5.13 Å². The topological polar surface area (TPSA) is 79.6 Å². The quantitative estimate of drug-likeness (QED) is 0.467. The summed E-state index contributed by atoms with van der Waals surface area (Å²) in [5, 5.41) is 12.4. The number of benzene rings is 1. The van der Waals surface area contributed by atoms with Gasteiger partial charge in [-0.2, -0.15) is 0 Å². The van der Waals surface area contributed by atoms with Gasteiger partial charge in [-0.3, -0.25) is 14.9 Å². The number of thiazole rings is 1. The average molecular weight is 423 g/mol. The van der Waals surface area contributed by atoms with Crippen LogP contribution in [0.1, 0.15) is 15.2 Å². The lowest BCUT2D eigenvalue weighted by molar-refractivity contribution is -0.380. The highest BCUT2D eigenvalue weighted by molar-refractivity contribution is 7.22. The minimum absolute atomic E-state index is 0.0134. The van der Waals surface area contributed by atoms with Crippen molar-refractivity contribution in [3.63, 3.8) is 0 Å². The largest absolute Gasteiger partial charge is 0.345 e. The van der Waals surface area contributed by atoms with Crippen LogP contribution < -0.4 is 4.90 Å². The third-order valence-corrected chi connectivity index (χ3v) is 7.07. The van der Waals surface area contributed by atoms with Crippen LogP contribution >= 0.6 is 34.3 Å². The number of fused-ring (bicyclic) bond motifs is 1. The van der Waals surface area contributed by atoms with Crippen LogP contribution in [-0.2, 0) is 0 Å². The van der Waals surface area contributed by atoms with Crippen molar-refractivity contribution in [3.8, 4) is 0 Å². The maximum absolute atomic E-state index is 12.6. The summed E-state index contributed by atoms with van der Waals surface area (Å²) in [7, 11) is 0. The molecule has 0 radical (unpaired) electrons. The molecule has 1 saturated heterocycles. The number of piperazine rings is 1. The number of aromatic nitrogens is 1. The molecule has 27 heavy (non-hydrogen) atoms. The summed E-state index contributed by atoms with van der Waals surface area (Å²) in [6, 6.07) is 6.77. The van der Waals surface area contributed by atoms with Crippen molar-refractivity contribution in [1.82, 2.24) is 9.88 Å². The average Bonchev–Trinajstić information content (AvgIpc) is 3.32. The van der Waals surface area contributed by atoms with Gasteiger partial charge in [-0.15, -0.1) is 0 Å². The summed E-state index contributed by atoms with van der Waals surface area (Å²) in [6.45, 7) is 4.42. The van der Waals surface area contributed by atoms with Gasteiger partial charge < -0.3 is 9.80 Å². The summed E-state index contributed by atoms with van der Waals surface area (Å²) >= 11 is 8.72. The monoisotopic (exact) mass is 422 g/mol. The van der Waals surface area contributed by atoms with E-state index < -0.39 is 4.92 Å². The highest BCUT2D eigenvalue weighted by Crippen LogP contribution is 2.34. The van der Waals surface area contributed by atoms with Crippen molar-refractivity contribution in [2.45, 2.75) is 6.92 Å². The smallest absolute Gasteiger partial charge is 0.324 e. The molecule has 1 amide bonds. The molecular weight excluding hydrogens is 408 g/mol. The van der Waals surface area contributed by atoms with Gasteiger partial charge in [-0.05, 0) is 30.7 Å². The highest BCUT2D eigenvalue weighted by atomic mass is 35.5. The number of nitro groups is 1. The lowest BCUT2D eigenvalue weighted by Crippen LogP contribution is -2.48. The Bertz CT molecular complexity index is 1040. The molecule has 3 aromatic rings. The molecule has 0 N–H and O–H groups in total. The van der Waals surface area contributed by atoms with E-state index in [4.69, 9.17) is 16.6 Å². The molecular formula is C17H15ClN4O3S2. The normalized spacial score (nSPS) is 14.7. The Morgan fingerprint density at radius 3 is 2.59 bits per heavy atom. The molecule has 10 heteroatoms. The first kappa shape index (κ1) is 18.1. The van der Waals surface area contributed by atoms with Gasteiger partial charge in [0.1, 0.15) is 0 Å². The summed E-state index contributed by atoms with van der Waals surface area (Å²) in [5.74, 6) is -0.153. The second-order valence-electron chi connectivity index (χ2n) is 6.19. The van der Waals surface area contributed by atoms with Gasteiger partial charge in [0.05, 0.1) is 20.0 Å². The number of nitrogens with zero attached hydrogens (tertiary/aromatic N) is 4. The molecule has 0 spiro atoms. The lowest BCUT2D eigenvalue weighted by atomic mass is 10.2. The van der Waals surface area contributed by atoms with Crippen molar-refractivity contribution in [3.05, 3.63) is 49.8 Å². The summed E-state index contributed by atoms with van der Waals surface area (Å²) < 4.78 is 1.09. The van der Waals surface area contributed by atoms with Crippen molar-refractivity contribution in [2.75, 3.05) is 31.1 Å². The van der Waals surface area contributed by atoms with Crippen LogP contribution in [0.5, 0.6) is 0 Å². The maximum Gasteiger partial charge on any atom is 0.324 e. The molecule has 140 valence electrons. The van der Waals surface area contributed by atoms with Crippen LogP contribution in [0.25, 0.3) is 10.2 Å². The number of aryl methyl sites for hydroxylation is 1. The van der Waals surface area contributed by atoms with E-state index in [-0.39, 0.29) is 10.9 Å². The molecule has 1 aliphatic heterocycles. The van der Waals surface area contributed by atoms with Crippen LogP contribution in [0.2, 0.25) is 5.02 Å². The second kappa shape index (κ2) is 7.06. The van der Waals surface area contributed by atoms with Crippen molar-refractivity contribution < 1.29 is 9.72 Å². The molecule has 2 aromatic heterocycles. The Labute approximate surface area is 167 Å². The van der Waals surface area contributed by atoms with Crippen LogP contribution in [0.3, 0.4) is 0 Å². The predicted octanol–water partition coefficient (Wildman–Crippen LogP) is 4.19. The number of anilines is 1. The maximum atomic E-state index is 12.6. The zero-order valence-corrected chi connectivity index (χ0v) is 16.7. The number of hydrogen-bond donors (Lipinski definition) is 0. The molecule has 4 rings (SSSR count). The summed E-state index contributed by atoms with van der Waals surface area (Å²) in [4.78, 5) is 31.9. The number of carbonyl (C=O) groups excluding carboxylic acids is 1. The molecule has 7 nitrogen and oxygen atoms in total. The Morgan fingerprint density at radius 1 is 1.19 bits per heavy atom. The van der Waals surface area contributed by atoms with Crippen LogP contribution in [0.15, 0.2) is 24.3 Å². The van der Waals surface area contributed by atoms with Gasteiger partial charge in [0.2, 0.25) is 0 Å². The van der Waals surface area contributed by atoms with E-state index in [1.165, 1.54) is 12.1 Å². The summed E-state index contributed by atoms with van der Waals surface area (Å²) in [5.41, 5.74) is 1.90. The van der Waals surface area contributed by atoms with Gasteiger partial charge in [0.25, 0.3) is 5.91 Å². The number of thiophene rings is 1. The first-order valence-electron chi connectivity index (χ1n) is 8.28. The molecule has 0 unspecified atom stereocenters. The lowest BCUT2D eigenvalue weighted by Gasteiger charge is -2.34. The van der Waals surface area contributed by atoms with Gasteiger partial charge in [-0.25, -0.2) is 4.98 Å². The molecule has 3 heterocycles. The van der Waals surface area contributed by atoms with Crippen LogP contribution in [0.4, 0.5) is 10.1 Å². The van der Waals surface area contributed by atoms with E-state index in [1.54, 1.807) is 16.2 Å². The number of amides is 1. The standard InChI is InChI=1S/C17H15ClN4O3S2/c1-10-11(18)2-3-12-15(10)19-17(27-12)21-8-6-20(7-9-21)16(23)13-4-5-14(26-13)22(24)25/h2-5H,6-9H2,1H3. The second-order valence-corrected chi connectivity index (χ2v) is 8.67. The van der Waals surface area contributed by atoms with E-state index >= 15 is 0 Å². The first-order valence-corrected chi connectivity index (χ1v) is 10.3. The molecule has 1 aliphatic rings. The van der Waals surface area contributed by atoms with Gasteiger partial charge in [-0.1, -0.05) is 34.3 Å². The van der Waals surface area contributed by atoms with Crippen molar-refractivity contribution in [2.24, 2.45) is 0 Å².